The first-order valence-corrected chi connectivity index (χ1v) is 10.9. The highest BCUT2D eigenvalue weighted by Gasteiger charge is 2.33. The molecule has 8 heteroatoms. The summed E-state index contributed by atoms with van der Waals surface area (Å²) in [5.74, 6) is -1.11. The van der Waals surface area contributed by atoms with Crippen LogP contribution < -0.4 is 5.32 Å². The summed E-state index contributed by atoms with van der Waals surface area (Å²) in [6.45, 7) is 2.33. The number of hydrogen-bond acceptors (Lipinski definition) is 3. The Hall–Kier alpha value is -1.96. The first kappa shape index (κ1) is 20.8. The molecule has 0 bridgehead atoms. The van der Waals surface area contributed by atoms with Crippen molar-refractivity contribution in [2.24, 2.45) is 5.92 Å². The molecule has 0 spiro atoms. The highest BCUT2D eigenvalue weighted by Crippen LogP contribution is 2.25. The maximum Gasteiger partial charge on any atom is 0.243 e. The molecule has 5 nitrogen and oxygen atoms in total. The largest absolute Gasteiger partial charge is 0.349 e. The molecule has 1 aliphatic rings. The van der Waals surface area contributed by atoms with Crippen LogP contribution in [0.25, 0.3) is 0 Å². The highest BCUT2D eigenvalue weighted by atomic mass is 35.5. The van der Waals surface area contributed by atoms with Gasteiger partial charge in [0.1, 0.15) is 5.82 Å². The van der Waals surface area contributed by atoms with E-state index in [0.717, 1.165) is 17.7 Å². The van der Waals surface area contributed by atoms with Gasteiger partial charge in [-0.2, -0.15) is 4.31 Å². The van der Waals surface area contributed by atoms with Crippen LogP contribution in [0.4, 0.5) is 4.39 Å². The van der Waals surface area contributed by atoms with E-state index in [1.165, 1.54) is 16.4 Å². The number of carbonyl (C=O) groups excluding carboxylic acids is 1. The lowest BCUT2D eigenvalue weighted by atomic mass is 9.98. The van der Waals surface area contributed by atoms with E-state index in [1.54, 1.807) is 12.1 Å². The number of sulfonamides is 1. The van der Waals surface area contributed by atoms with Crippen LogP contribution in [-0.2, 0) is 14.8 Å². The third-order valence-corrected chi connectivity index (χ3v) is 7.07. The number of hydrogen-bond donors (Lipinski definition) is 1. The summed E-state index contributed by atoms with van der Waals surface area (Å²) in [6.07, 6.45) is 1.21. The maximum absolute atomic E-state index is 13.1. The van der Waals surface area contributed by atoms with E-state index in [0.29, 0.717) is 24.4 Å². The molecule has 3 rings (SSSR count). The zero-order chi connectivity index (χ0) is 20.3. The minimum Gasteiger partial charge on any atom is -0.349 e. The molecule has 2 aromatic rings. The number of carbonyl (C=O) groups is 1. The molecule has 1 fully saturated rings. The Bertz CT molecular complexity index is 933. The predicted molar refractivity (Wildman–Crippen MR) is 106 cm³/mol. The summed E-state index contributed by atoms with van der Waals surface area (Å²) in [5, 5.41) is 3.57. The highest BCUT2D eigenvalue weighted by molar-refractivity contribution is 7.89. The SMILES string of the molecule is C[C@@H](NC(=O)[C@H]1CCCN(S(=O)(=O)c2ccc(F)cc2)C1)c1ccc(Cl)cc1. The first-order valence-electron chi connectivity index (χ1n) is 9.09. The minimum atomic E-state index is -3.76. The van der Waals surface area contributed by atoms with E-state index in [2.05, 4.69) is 5.32 Å². The molecule has 0 aliphatic carbocycles. The van der Waals surface area contributed by atoms with Gasteiger partial charge in [-0.3, -0.25) is 4.79 Å². The van der Waals surface area contributed by atoms with E-state index in [9.17, 15) is 17.6 Å². The van der Waals surface area contributed by atoms with Crippen LogP contribution in [0.5, 0.6) is 0 Å². The maximum atomic E-state index is 13.1. The quantitative estimate of drug-likeness (QED) is 0.794. The molecule has 150 valence electrons. The van der Waals surface area contributed by atoms with Crippen molar-refractivity contribution >= 4 is 27.5 Å². The van der Waals surface area contributed by atoms with Gasteiger partial charge in [0.15, 0.2) is 0 Å². The van der Waals surface area contributed by atoms with E-state index >= 15 is 0 Å². The van der Waals surface area contributed by atoms with E-state index in [1.807, 2.05) is 19.1 Å². The second kappa shape index (κ2) is 8.59. The Morgan fingerprint density at radius 2 is 1.82 bits per heavy atom. The fourth-order valence-corrected chi connectivity index (χ4v) is 4.95. The van der Waals surface area contributed by atoms with Crippen LogP contribution in [0, 0.1) is 11.7 Å². The molecule has 2 aromatic carbocycles. The van der Waals surface area contributed by atoms with Crippen molar-refractivity contribution in [2.75, 3.05) is 13.1 Å². The lowest BCUT2D eigenvalue weighted by Gasteiger charge is -2.32. The average molecular weight is 425 g/mol. The monoisotopic (exact) mass is 424 g/mol. The normalized spacial score (nSPS) is 19.2. The van der Waals surface area contributed by atoms with Crippen molar-refractivity contribution in [3.63, 3.8) is 0 Å². The van der Waals surface area contributed by atoms with Crippen molar-refractivity contribution in [2.45, 2.75) is 30.7 Å². The molecule has 1 heterocycles. The first-order chi connectivity index (χ1) is 13.3. The minimum absolute atomic E-state index is 0.0319. The van der Waals surface area contributed by atoms with Crippen LogP contribution in [0.1, 0.15) is 31.4 Å². The molecule has 1 saturated heterocycles. The van der Waals surface area contributed by atoms with E-state index in [4.69, 9.17) is 11.6 Å². The summed E-state index contributed by atoms with van der Waals surface area (Å²) in [4.78, 5) is 12.7. The number of piperidine rings is 1. The van der Waals surface area contributed by atoms with Crippen LogP contribution >= 0.6 is 11.6 Å². The van der Waals surface area contributed by atoms with Crippen molar-refractivity contribution in [1.29, 1.82) is 0 Å². The lowest BCUT2D eigenvalue weighted by molar-refractivity contribution is -0.126. The van der Waals surface area contributed by atoms with Gasteiger partial charge in [-0.15, -0.1) is 0 Å². The fourth-order valence-electron chi connectivity index (χ4n) is 3.30. The van der Waals surface area contributed by atoms with Crippen LogP contribution in [0.2, 0.25) is 5.02 Å². The van der Waals surface area contributed by atoms with E-state index in [-0.39, 0.29) is 23.4 Å². The Morgan fingerprint density at radius 1 is 1.18 bits per heavy atom. The summed E-state index contributed by atoms with van der Waals surface area (Å²) in [7, 11) is -3.76. The number of benzene rings is 2. The van der Waals surface area contributed by atoms with Crippen LogP contribution in [0.3, 0.4) is 0 Å². The van der Waals surface area contributed by atoms with Crippen LogP contribution in [0.15, 0.2) is 53.4 Å². The lowest BCUT2D eigenvalue weighted by Crippen LogP contribution is -2.45. The van der Waals surface area contributed by atoms with E-state index < -0.39 is 21.8 Å². The van der Waals surface area contributed by atoms with Gasteiger partial charge in [-0.05, 0) is 61.7 Å². The van der Waals surface area contributed by atoms with Crippen molar-refractivity contribution < 1.29 is 17.6 Å². The molecule has 1 amide bonds. The zero-order valence-corrected chi connectivity index (χ0v) is 17.0. The number of amides is 1. The number of halogens is 2. The zero-order valence-electron chi connectivity index (χ0n) is 15.4. The van der Waals surface area contributed by atoms with Gasteiger partial charge >= 0.3 is 0 Å². The molecule has 0 aromatic heterocycles. The molecule has 0 unspecified atom stereocenters. The summed E-state index contributed by atoms with van der Waals surface area (Å²) in [5.41, 5.74) is 0.921. The van der Waals surface area contributed by atoms with Gasteiger partial charge < -0.3 is 5.32 Å². The molecule has 1 aliphatic heterocycles. The molecule has 0 saturated carbocycles. The summed E-state index contributed by atoms with van der Waals surface area (Å²) in [6, 6.07) is 11.7. The van der Waals surface area contributed by atoms with Gasteiger partial charge in [0.2, 0.25) is 15.9 Å². The number of nitrogens with one attached hydrogen (secondary N) is 1. The Kier molecular flexibility index (Phi) is 6.37. The summed E-state index contributed by atoms with van der Waals surface area (Å²) < 4.78 is 40.0. The molecular weight excluding hydrogens is 403 g/mol. The molecule has 1 N–H and O–H groups in total. The van der Waals surface area contributed by atoms with Gasteiger partial charge in [0, 0.05) is 18.1 Å². The molecular formula is C20H22ClFN2O3S. The Labute approximate surface area is 169 Å². The second-order valence-corrected chi connectivity index (χ2v) is 9.31. The molecule has 2 atom stereocenters. The molecule has 28 heavy (non-hydrogen) atoms. The van der Waals surface area contributed by atoms with Crippen molar-refractivity contribution in [3.05, 3.63) is 64.9 Å². The third kappa shape index (κ3) is 4.71. The third-order valence-electron chi connectivity index (χ3n) is 4.94. The van der Waals surface area contributed by atoms with Gasteiger partial charge in [0.25, 0.3) is 0 Å². The smallest absolute Gasteiger partial charge is 0.243 e. The predicted octanol–water partition coefficient (Wildman–Crippen LogP) is 3.76. The Balaban J connectivity index is 1.67. The van der Waals surface area contributed by atoms with Gasteiger partial charge in [-0.1, -0.05) is 23.7 Å². The topological polar surface area (TPSA) is 66.5 Å². The number of nitrogens with zero attached hydrogens (tertiary/aromatic N) is 1. The fraction of sp³-hybridized carbons (Fsp3) is 0.350. The van der Waals surface area contributed by atoms with Crippen LogP contribution in [-0.4, -0.2) is 31.7 Å². The summed E-state index contributed by atoms with van der Waals surface area (Å²) >= 11 is 5.89. The average Bonchev–Trinajstić information content (AvgIpc) is 2.69. The number of rotatable bonds is 5. The van der Waals surface area contributed by atoms with Gasteiger partial charge in [-0.25, -0.2) is 12.8 Å². The van der Waals surface area contributed by atoms with Crippen molar-refractivity contribution in [1.82, 2.24) is 9.62 Å². The van der Waals surface area contributed by atoms with Crippen molar-refractivity contribution in [3.8, 4) is 0 Å². The standard InChI is InChI=1S/C20H22ClFN2O3S/c1-14(15-4-6-17(21)7-5-15)23-20(25)16-3-2-12-24(13-16)28(26,27)19-10-8-18(22)9-11-19/h4-11,14,16H,2-3,12-13H2,1H3,(H,23,25)/t14-,16+/m1/s1. The Morgan fingerprint density at radius 3 is 2.46 bits per heavy atom. The van der Waals surface area contributed by atoms with Gasteiger partial charge in [0.05, 0.1) is 16.9 Å². The molecule has 0 radical (unpaired) electrons. The second-order valence-electron chi connectivity index (χ2n) is 6.94.